The van der Waals surface area contributed by atoms with E-state index in [0.29, 0.717) is 41.7 Å². The zero-order valence-corrected chi connectivity index (χ0v) is 13.9. The zero-order valence-electron chi connectivity index (χ0n) is 12.4. The number of benzene rings is 1. The van der Waals surface area contributed by atoms with Gasteiger partial charge in [-0.15, -0.1) is 0 Å². The van der Waals surface area contributed by atoms with Gasteiger partial charge < -0.3 is 20.3 Å². The Labute approximate surface area is 136 Å². The van der Waals surface area contributed by atoms with Gasteiger partial charge >= 0.3 is 0 Å². The largest absolute Gasteiger partial charge is 0.489 e. The molecule has 6 heteroatoms. The minimum absolute atomic E-state index is 0.101. The molecule has 3 N–H and O–H groups in total. The summed E-state index contributed by atoms with van der Waals surface area (Å²) in [6, 6.07) is 4.93. The number of halogens is 2. The van der Waals surface area contributed by atoms with Crippen LogP contribution in [0.4, 0.5) is 0 Å². The molecule has 1 atom stereocenters. The highest BCUT2D eigenvalue weighted by Crippen LogP contribution is 2.27. The smallest absolute Gasteiger partial charge is 0.139 e. The molecule has 21 heavy (non-hydrogen) atoms. The minimum atomic E-state index is -0.725. The van der Waals surface area contributed by atoms with E-state index in [1.807, 2.05) is 13.8 Å². The first-order valence-corrected chi connectivity index (χ1v) is 7.85. The van der Waals surface area contributed by atoms with E-state index in [9.17, 15) is 10.2 Å². The standard InChI is InChI=1S/C15H23Cl2NO3/c1-3-15(20,4-2)10-18-8-12(19)9-21-14-7-11(16)5-6-13(14)17/h5-7,12,18-20H,3-4,8-10H2,1-2H3. The maximum Gasteiger partial charge on any atom is 0.139 e. The van der Waals surface area contributed by atoms with Gasteiger partial charge in [-0.05, 0) is 25.0 Å². The van der Waals surface area contributed by atoms with Crippen LogP contribution in [0.3, 0.4) is 0 Å². The average molecular weight is 336 g/mol. The van der Waals surface area contributed by atoms with E-state index in [1.54, 1.807) is 18.2 Å². The van der Waals surface area contributed by atoms with Gasteiger partial charge in [0.15, 0.2) is 0 Å². The maximum atomic E-state index is 10.1. The van der Waals surface area contributed by atoms with Crippen molar-refractivity contribution in [3.8, 4) is 5.75 Å². The van der Waals surface area contributed by atoms with Crippen LogP contribution in [-0.4, -0.2) is 41.6 Å². The van der Waals surface area contributed by atoms with E-state index in [0.717, 1.165) is 0 Å². The van der Waals surface area contributed by atoms with Gasteiger partial charge in [0.2, 0.25) is 0 Å². The second-order valence-corrected chi connectivity index (χ2v) is 5.95. The number of rotatable bonds is 9. The number of ether oxygens (including phenoxy) is 1. The average Bonchev–Trinajstić information content (AvgIpc) is 2.48. The molecule has 0 fully saturated rings. The molecule has 0 radical (unpaired) electrons. The molecule has 1 aromatic carbocycles. The number of nitrogens with one attached hydrogen (secondary N) is 1. The van der Waals surface area contributed by atoms with E-state index in [-0.39, 0.29) is 6.61 Å². The predicted molar refractivity (Wildman–Crippen MR) is 86.4 cm³/mol. The van der Waals surface area contributed by atoms with Crippen LogP contribution in [-0.2, 0) is 0 Å². The SMILES string of the molecule is CCC(O)(CC)CNCC(O)COc1cc(Cl)ccc1Cl. The summed E-state index contributed by atoms with van der Waals surface area (Å²) < 4.78 is 5.45. The molecule has 4 nitrogen and oxygen atoms in total. The van der Waals surface area contributed by atoms with Gasteiger partial charge in [0.25, 0.3) is 0 Å². The predicted octanol–water partition coefficient (Wildman–Crippen LogP) is 2.87. The molecule has 0 aliphatic carbocycles. The van der Waals surface area contributed by atoms with Crippen LogP contribution >= 0.6 is 23.2 Å². The number of aliphatic hydroxyl groups is 2. The quantitative estimate of drug-likeness (QED) is 0.649. The maximum absolute atomic E-state index is 10.1. The molecule has 1 aromatic rings. The van der Waals surface area contributed by atoms with Crippen molar-refractivity contribution in [1.82, 2.24) is 5.32 Å². The van der Waals surface area contributed by atoms with Crippen molar-refractivity contribution in [2.24, 2.45) is 0 Å². The first-order valence-electron chi connectivity index (χ1n) is 7.09. The zero-order chi connectivity index (χ0) is 15.9. The Hall–Kier alpha value is -0.520. The molecule has 0 spiro atoms. The Morgan fingerprint density at radius 2 is 1.95 bits per heavy atom. The van der Waals surface area contributed by atoms with Crippen molar-refractivity contribution in [2.75, 3.05) is 19.7 Å². The molecule has 0 amide bonds. The second kappa shape index (κ2) is 8.81. The highest BCUT2D eigenvalue weighted by molar-refractivity contribution is 6.34. The number of aliphatic hydroxyl groups excluding tert-OH is 1. The molecule has 1 rings (SSSR count). The Bertz CT molecular complexity index is 439. The number of hydrogen-bond acceptors (Lipinski definition) is 4. The summed E-state index contributed by atoms with van der Waals surface area (Å²) in [6.45, 7) is 4.75. The van der Waals surface area contributed by atoms with Crippen LogP contribution in [0.1, 0.15) is 26.7 Å². The molecular weight excluding hydrogens is 313 g/mol. The van der Waals surface area contributed by atoms with Crippen LogP contribution in [0.5, 0.6) is 5.75 Å². The van der Waals surface area contributed by atoms with Crippen LogP contribution in [0.15, 0.2) is 18.2 Å². The van der Waals surface area contributed by atoms with Crippen molar-refractivity contribution in [3.63, 3.8) is 0 Å². The first-order chi connectivity index (χ1) is 9.90. The van der Waals surface area contributed by atoms with E-state index in [4.69, 9.17) is 27.9 Å². The fourth-order valence-corrected chi connectivity index (χ4v) is 2.14. The van der Waals surface area contributed by atoms with Gasteiger partial charge in [-0.1, -0.05) is 37.0 Å². The normalized spacial score (nSPS) is 13.2. The van der Waals surface area contributed by atoms with Crippen LogP contribution in [0, 0.1) is 0 Å². The lowest BCUT2D eigenvalue weighted by atomic mass is 9.97. The molecule has 0 heterocycles. The Kier molecular flexibility index (Phi) is 7.77. The third-order valence-electron chi connectivity index (χ3n) is 3.47. The lowest BCUT2D eigenvalue weighted by Crippen LogP contribution is -2.43. The fourth-order valence-electron chi connectivity index (χ4n) is 1.80. The van der Waals surface area contributed by atoms with Crippen LogP contribution in [0.2, 0.25) is 10.0 Å². The first kappa shape index (κ1) is 18.5. The minimum Gasteiger partial charge on any atom is -0.489 e. The molecular formula is C15H23Cl2NO3. The summed E-state index contributed by atoms with van der Waals surface area (Å²) in [5.41, 5.74) is -0.725. The molecule has 0 saturated carbocycles. The summed E-state index contributed by atoms with van der Waals surface area (Å²) in [4.78, 5) is 0. The topological polar surface area (TPSA) is 61.7 Å². The third-order valence-corrected chi connectivity index (χ3v) is 4.02. The van der Waals surface area contributed by atoms with Crippen molar-refractivity contribution >= 4 is 23.2 Å². The summed E-state index contributed by atoms with van der Waals surface area (Å²) in [5.74, 6) is 0.446. The monoisotopic (exact) mass is 335 g/mol. The molecule has 0 bridgehead atoms. The van der Waals surface area contributed by atoms with Crippen LogP contribution < -0.4 is 10.1 Å². The highest BCUT2D eigenvalue weighted by Gasteiger charge is 2.21. The second-order valence-electron chi connectivity index (χ2n) is 5.10. The summed E-state index contributed by atoms with van der Waals surface area (Å²) in [5, 5.41) is 24.0. The van der Waals surface area contributed by atoms with Crippen molar-refractivity contribution < 1.29 is 14.9 Å². The summed E-state index contributed by atoms with van der Waals surface area (Å²) in [7, 11) is 0. The van der Waals surface area contributed by atoms with Gasteiger partial charge in [-0.25, -0.2) is 0 Å². The fraction of sp³-hybridized carbons (Fsp3) is 0.600. The molecule has 0 aromatic heterocycles. The van der Waals surface area contributed by atoms with E-state index < -0.39 is 11.7 Å². The van der Waals surface area contributed by atoms with Gasteiger partial charge in [0.05, 0.1) is 10.6 Å². The van der Waals surface area contributed by atoms with Crippen LogP contribution in [0.25, 0.3) is 0 Å². The van der Waals surface area contributed by atoms with E-state index in [1.165, 1.54) is 0 Å². The Balaban J connectivity index is 2.34. The van der Waals surface area contributed by atoms with Crippen molar-refractivity contribution in [1.29, 1.82) is 0 Å². The lowest BCUT2D eigenvalue weighted by molar-refractivity contribution is 0.0270. The Morgan fingerprint density at radius 3 is 2.57 bits per heavy atom. The van der Waals surface area contributed by atoms with Gasteiger partial charge in [0, 0.05) is 24.2 Å². The molecule has 0 saturated heterocycles. The van der Waals surface area contributed by atoms with Crippen molar-refractivity contribution in [3.05, 3.63) is 28.2 Å². The molecule has 0 aliphatic rings. The van der Waals surface area contributed by atoms with E-state index >= 15 is 0 Å². The Morgan fingerprint density at radius 1 is 1.29 bits per heavy atom. The van der Waals surface area contributed by atoms with Gasteiger partial charge in [0.1, 0.15) is 18.5 Å². The molecule has 1 unspecified atom stereocenters. The molecule has 120 valence electrons. The van der Waals surface area contributed by atoms with Gasteiger partial charge in [-0.2, -0.15) is 0 Å². The lowest BCUT2D eigenvalue weighted by Gasteiger charge is -2.26. The molecule has 0 aliphatic heterocycles. The third kappa shape index (κ3) is 6.41. The summed E-state index contributed by atoms with van der Waals surface area (Å²) in [6.07, 6.45) is 0.639. The van der Waals surface area contributed by atoms with Gasteiger partial charge in [-0.3, -0.25) is 0 Å². The summed E-state index contributed by atoms with van der Waals surface area (Å²) >= 11 is 11.8. The van der Waals surface area contributed by atoms with Crippen molar-refractivity contribution in [2.45, 2.75) is 38.4 Å². The highest BCUT2D eigenvalue weighted by atomic mass is 35.5. The van der Waals surface area contributed by atoms with E-state index in [2.05, 4.69) is 5.32 Å². The number of hydrogen-bond donors (Lipinski definition) is 3.